The standard InChI is InChI=1S/C19H15N5O/c1-13-11-18-21-10-8-17(24(18)23-13)22-19(25)15-7-9-20-12-16(15)14-5-3-2-4-6-14/h2-12H,1H3,(H,22,25). The van der Waals surface area contributed by atoms with Crippen LogP contribution in [0.5, 0.6) is 0 Å². The van der Waals surface area contributed by atoms with Crippen molar-refractivity contribution >= 4 is 17.4 Å². The summed E-state index contributed by atoms with van der Waals surface area (Å²) >= 11 is 0. The van der Waals surface area contributed by atoms with Crippen molar-refractivity contribution in [2.75, 3.05) is 5.32 Å². The number of rotatable bonds is 3. The molecule has 25 heavy (non-hydrogen) atoms. The number of carbonyl (C=O) groups excluding carboxylic acids is 1. The van der Waals surface area contributed by atoms with Gasteiger partial charge in [-0.3, -0.25) is 9.78 Å². The maximum absolute atomic E-state index is 12.9. The topological polar surface area (TPSA) is 72.2 Å². The summed E-state index contributed by atoms with van der Waals surface area (Å²) in [6.07, 6.45) is 4.96. The van der Waals surface area contributed by atoms with Crippen molar-refractivity contribution in [1.29, 1.82) is 0 Å². The van der Waals surface area contributed by atoms with Gasteiger partial charge in [0.1, 0.15) is 5.82 Å². The predicted molar refractivity (Wildman–Crippen MR) is 95.4 cm³/mol. The Kier molecular flexibility index (Phi) is 3.70. The molecule has 0 unspecified atom stereocenters. The van der Waals surface area contributed by atoms with Gasteiger partial charge in [0, 0.05) is 30.2 Å². The second kappa shape index (κ2) is 6.16. The molecular formula is C19H15N5O. The number of pyridine rings is 1. The number of amides is 1. The third kappa shape index (κ3) is 2.85. The average molecular weight is 329 g/mol. The minimum absolute atomic E-state index is 0.220. The number of benzene rings is 1. The quantitative estimate of drug-likeness (QED) is 0.625. The summed E-state index contributed by atoms with van der Waals surface area (Å²) in [7, 11) is 0. The van der Waals surface area contributed by atoms with E-state index in [9.17, 15) is 4.79 Å². The van der Waals surface area contributed by atoms with Crippen LogP contribution in [0.25, 0.3) is 16.8 Å². The number of anilines is 1. The maximum Gasteiger partial charge on any atom is 0.257 e. The molecule has 1 N–H and O–H groups in total. The zero-order valence-corrected chi connectivity index (χ0v) is 13.5. The zero-order chi connectivity index (χ0) is 17.2. The lowest BCUT2D eigenvalue weighted by Gasteiger charge is -2.10. The van der Waals surface area contributed by atoms with Gasteiger partial charge >= 0.3 is 0 Å². The molecular weight excluding hydrogens is 314 g/mol. The fourth-order valence-electron chi connectivity index (χ4n) is 2.73. The average Bonchev–Trinajstić information content (AvgIpc) is 3.04. The molecule has 4 rings (SSSR count). The van der Waals surface area contributed by atoms with Gasteiger partial charge in [-0.2, -0.15) is 9.61 Å². The highest BCUT2D eigenvalue weighted by atomic mass is 16.1. The molecule has 0 bridgehead atoms. The first-order valence-corrected chi connectivity index (χ1v) is 7.84. The maximum atomic E-state index is 12.9. The third-order valence-electron chi connectivity index (χ3n) is 3.87. The van der Waals surface area contributed by atoms with E-state index < -0.39 is 0 Å². The van der Waals surface area contributed by atoms with E-state index in [1.165, 1.54) is 0 Å². The highest BCUT2D eigenvalue weighted by Gasteiger charge is 2.15. The predicted octanol–water partition coefficient (Wildman–Crippen LogP) is 3.35. The molecule has 6 nitrogen and oxygen atoms in total. The molecule has 0 aliphatic rings. The van der Waals surface area contributed by atoms with Crippen molar-refractivity contribution in [3.8, 4) is 11.1 Å². The van der Waals surface area contributed by atoms with Crippen molar-refractivity contribution in [2.45, 2.75) is 6.92 Å². The molecule has 1 amide bonds. The molecule has 3 heterocycles. The molecule has 122 valence electrons. The molecule has 0 radical (unpaired) electrons. The van der Waals surface area contributed by atoms with Crippen LogP contribution in [0.15, 0.2) is 67.1 Å². The van der Waals surface area contributed by atoms with Gasteiger partial charge in [0.15, 0.2) is 5.65 Å². The van der Waals surface area contributed by atoms with E-state index in [0.29, 0.717) is 17.0 Å². The van der Waals surface area contributed by atoms with Crippen LogP contribution < -0.4 is 5.32 Å². The number of hydrogen-bond donors (Lipinski definition) is 1. The van der Waals surface area contributed by atoms with Gasteiger partial charge < -0.3 is 5.32 Å². The van der Waals surface area contributed by atoms with Gasteiger partial charge in [-0.05, 0) is 24.6 Å². The van der Waals surface area contributed by atoms with Gasteiger partial charge in [0.25, 0.3) is 5.91 Å². The van der Waals surface area contributed by atoms with Crippen LogP contribution in [0.1, 0.15) is 16.1 Å². The van der Waals surface area contributed by atoms with Crippen LogP contribution in [0.2, 0.25) is 0 Å². The Morgan fingerprint density at radius 3 is 2.76 bits per heavy atom. The molecule has 0 atom stereocenters. The first-order chi connectivity index (χ1) is 12.2. The van der Waals surface area contributed by atoms with Crippen LogP contribution in [0.3, 0.4) is 0 Å². The monoisotopic (exact) mass is 329 g/mol. The Hall–Kier alpha value is -3.54. The minimum atomic E-state index is -0.220. The summed E-state index contributed by atoms with van der Waals surface area (Å²) in [5, 5.41) is 7.29. The van der Waals surface area contributed by atoms with E-state index in [2.05, 4.69) is 20.4 Å². The number of nitrogens with zero attached hydrogens (tertiary/aromatic N) is 4. The van der Waals surface area contributed by atoms with E-state index in [1.54, 1.807) is 35.2 Å². The van der Waals surface area contributed by atoms with E-state index >= 15 is 0 Å². The number of hydrogen-bond acceptors (Lipinski definition) is 4. The van der Waals surface area contributed by atoms with Gasteiger partial charge in [0.2, 0.25) is 0 Å². The molecule has 0 aliphatic carbocycles. The summed E-state index contributed by atoms with van der Waals surface area (Å²) in [5.74, 6) is 0.348. The normalized spacial score (nSPS) is 10.8. The van der Waals surface area contributed by atoms with E-state index in [1.807, 2.05) is 43.3 Å². The number of fused-ring (bicyclic) bond motifs is 1. The number of aromatic nitrogens is 4. The molecule has 1 aromatic carbocycles. The van der Waals surface area contributed by atoms with Gasteiger partial charge in [-0.15, -0.1) is 0 Å². The fourth-order valence-corrected chi connectivity index (χ4v) is 2.73. The molecule has 0 aliphatic heterocycles. The van der Waals surface area contributed by atoms with Crippen molar-refractivity contribution in [2.24, 2.45) is 0 Å². The molecule has 0 fully saturated rings. The van der Waals surface area contributed by atoms with Crippen molar-refractivity contribution in [1.82, 2.24) is 19.6 Å². The zero-order valence-electron chi connectivity index (χ0n) is 13.5. The lowest BCUT2D eigenvalue weighted by molar-refractivity contribution is 0.102. The van der Waals surface area contributed by atoms with Gasteiger partial charge in [-0.1, -0.05) is 30.3 Å². The molecule has 0 saturated heterocycles. The van der Waals surface area contributed by atoms with Crippen LogP contribution in [-0.2, 0) is 0 Å². The van der Waals surface area contributed by atoms with Gasteiger partial charge in [0.05, 0.1) is 11.3 Å². The largest absolute Gasteiger partial charge is 0.306 e. The van der Waals surface area contributed by atoms with Crippen molar-refractivity contribution < 1.29 is 4.79 Å². The summed E-state index contributed by atoms with van der Waals surface area (Å²) in [6.45, 7) is 1.89. The Labute approximate surface area is 144 Å². The summed E-state index contributed by atoms with van der Waals surface area (Å²) < 4.78 is 1.62. The van der Waals surface area contributed by atoms with E-state index in [4.69, 9.17) is 0 Å². The number of aryl methyl sites for hydroxylation is 1. The smallest absolute Gasteiger partial charge is 0.257 e. The first kappa shape index (κ1) is 15.0. The number of nitrogens with one attached hydrogen (secondary N) is 1. The van der Waals surface area contributed by atoms with E-state index in [0.717, 1.165) is 16.8 Å². The summed E-state index contributed by atoms with van der Waals surface area (Å²) in [6, 6.07) is 15.0. The third-order valence-corrected chi connectivity index (χ3v) is 3.87. The number of carbonyl (C=O) groups is 1. The first-order valence-electron chi connectivity index (χ1n) is 7.84. The lowest BCUT2D eigenvalue weighted by Crippen LogP contribution is -2.16. The molecule has 0 spiro atoms. The van der Waals surface area contributed by atoms with Crippen LogP contribution in [-0.4, -0.2) is 25.5 Å². The van der Waals surface area contributed by atoms with Crippen molar-refractivity contribution in [3.63, 3.8) is 0 Å². The second-order valence-electron chi connectivity index (χ2n) is 5.63. The van der Waals surface area contributed by atoms with Crippen LogP contribution in [0.4, 0.5) is 5.82 Å². The SMILES string of the molecule is Cc1cc2nccc(NC(=O)c3ccncc3-c3ccccc3)n2n1. The highest BCUT2D eigenvalue weighted by molar-refractivity contribution is 6.08. The molecule has 0 saturated carbocycles. The Balaban J connectivity index is 1.72. The van der Waals surface area contributed by atoms with E-state index in [-0.39, 0.29) is 5.91 Å². The minimum Gasteiger partial charge on any atom is -0.306 e. The summed E-state index contributed by atoms with van der Waals surface area (Å²) in [4.78, 5) is 21.3. The van der Waals surface area contributed by atoms with Crippen LogP contribution in [0, 0.1) is 6.92 Å². The Bertz CT molecular complexity index is 1060. The van der Waals surface area contributed by atoms with Crippen LogP contribution >= 0.6 is 0 Å². The molecule has 3 aromatic heterocycles. The molecule has 6 heteroatoms. The lowest BCUT2D eigenvalue weighted by atomic mass is 10.0. The summed E-state index contributed by atoms with van der Waals surface area (Å²) in [5.41, 5.74) is 3.80. The second-order valence-corrected chi connectivity index (χ2v) is 5.63. The molecule has 4 aromatic rings. The fraction of sp³-hybridized carbons (Fsp3) is 0.0526. The van der Waals surface area contributed by atoms with Crippen molar-refractivity contribution in [3.05, 3.63) is 78.4 Å². The highest BCUT2D eigenvalue weighted by Crippen LogP contribution is 2.23. The van der Waals surface area contributed by atoms with Gasteiger partial charge in [-0.25, -0.2) is 4.98 Å². The Morgan fingerprint density at radius 1 is 1.08 bits per heavy atom. The Morgan fingerprint density at radius 2 is 1.92 bits per heavy atom.